The molecule has 1 heterocycles. The predicted molar refractivity (Wildman–Crippen MR) is 124 cm³/mol. The molecule has 1 aliphatic rings. The van der Waals surface area contributed by atoms with E-state index in [4.69, 9.17) is 23.2 Å². The summed E-state index contributed by atoms with van der Waals surface area (Å²) in [6.45, 7) is 3.32. The SMILES string of the molecule is Cc1ccc(S(=O)(=O)N2CCCC2)cc1C(=O)NCCSCc1c(Cl)cccc1Cl. The van der Waals surface area contributed by atoms with Crippen LogP contribution in [0.15, 0.2) is 41.3 Å². The van der Waals surface area contributed by atoms with E-state index in [1.165, 1.54) is 10.4 Å². The summed E-state index contributed by atoms with van der Waals surface area (Å²) >= 11 is 14.0. The topological polar surface area (TPSA) is 66.5 Å². The fraction of sp³-hybridized carbons (Fsp3) is 0.381. The first-order chi connectivity index (χ1) is 14.3. The molecular weight excluding hydrogens is 463 g/mol. The van der Waals surface area contributed by atoms with Gasteiger partial charge in [-0.2, -0.15) is 16.1 Å². The van der Waals surface area contributed by atoms with E-state index in [1.807, 2.05) is 0 Å². The zero-order valence-corrected chi connectivity index (χ0v) is 19.8. The van der Waals surface area contributed by atoms with Crippen LogP contribution in [0.4, 0.5) is 0 Å². The second kappa shape index (κ2) is 10.4. The Morgan fingerprint density at radius 3 is 2.47 bits per heavy atom. The van der Waals surface area contributed by atoms with Crippen LogP contribution in [0.25, 0.3) is 0 Å². The molecule has 0 bridgehead atoms. The molecule has 3 rings (SSSR count). The van der Waals surface area contributed by atoms with Gasteiger partial charge in [0.1, 0.15) is 0 Å². The van der Waals surface area contributed by atoms with Gasteiger partial charge in [0.15, 0.2) is 0 Å². The number of hydrogen-bond donors (Lipinski definition) is 1. The molecule has 1 saturated heterocycles. The maximum atomic E-state index is 12.8. The van der Waals surface area contributed by atoms with Gasteiger partial charge in [-0.25, -0.2) is 8.42 Å². The van der Waals surface area contributed by atoms with Crippen molar-refractivity contribution in [1.29, 1.82) is 0 Å². The molecule has 162 valence electrons. The molecule has 0 spiro atoms. The van der Waals surface area contributed by atoms with Gasteiger partial charge in [0.05, 0.1) is 4.90 Å². The monoisotopic (exact) mass is 486 g/mol. The summed E-state index contributed by atoms with van der Waals surface area (Å²) in [5.74, 6) is 1.05. The largest absolute Gasteiger partial charge is 0.351 e. The predicted octanol–water partition coefficient (Wildman–Crippen LogP) is 4.75. The Morgan fingerprint density at radius 2 is 1.80 bits per heavy atom. The normalized spacial score (nSPS) is 14.8. The van der Waals surface area contributed by atoms with Gasteiger partial charge in [-0.1, -0.05) is 35.3 Å². The van der Waals surface area contributed by atoms with E-state index >= 15 is 0 Å². The number of nitrogens with one attached hydrogen (secondary N) is 1. The minimum Gasteiger partial charge on any atom is -0.351 e. The average molecular weight is 487 g/mol. The molecule has 1 amide bonds. The molecule has 1 fully saturated rings. The minimum atomic E-state index is -3.56. The quantitative estimate of drug-likeness (QED) is 0.546. The van der Waals surface area contributed by atoms with Crippen molar-refractivity contribution in [2.75, 3.05) is 25.4 Å². The van der Waals surface area contributed by atoms with Gasteiger partial charge in [-0.05, 0) is 55.2 Å². The van der Waals surface area contributed by atoms with Crippen molar-refractivity contribution >= 4 is 50.9 Å². The highest BCUT2D eigenvalue weighted by Crippen LogP contribution is 2.28. The molecule has 0 unspecified atom stereocenters. The lowest BCUT2D eigenvalue weighted by Crippen LogP contribution is -2.29. The highest BCUT2D eigenvalue weighted by atomic mass is 35.5. The van der Waals surface area contributed by atoms with Gasteiger partial charge in [0.2, 0.25) is 10.0 Å². The van der Waals surface area contributed by atoms with Crippen LogP contribution in [-0.2, 0) is 15.8 Å². The molecular formula is C21H24Cl2N2O3S2. The highest BCUT2D eigenvalue weighted by molar-refractivity contribution is 7.98. The number of benzene rings is 2. The molecule has 2 aromatic carbocycles. The Labute approximate surface area is 192 Å². The van der Waals surface area contributed by atoms with E-state index in [1.54, 1.807) is 49.0 Å². The molecule has 1 N–H and O–H groups in total. The van der Waals surface area contributed by atoms with Crippen LogP contribution in [0.2, 0.25) is 10.0 Å². The maximum absolute atomic E-state index is 12.8. The van der Waals surface area contributed by atoms with E-state index in [0.29, 0.717) is 46.7 Å². The Balaban J connectivity index is 1.57. The van der Waals surface area contributed by atoms with Crippen LogP contribution in [0.5, 0.6) is 0 Å². The smallest absolute Gasteiger partial charge is 0.251 e. The molecule has 9 heteroatoms. The number of sulfonamides is 1. The first-order valence-electron chi connectivity index (χ1n) is 9.70. The Hall–Kier alpha value is -1.25. The molecule has 0 saturated carbocycles. The second-order valence-electron chi connectivity index (χ2n) is 7.10. The molecule has 0 atom stereocenters. The maximum Gasteiger partial charge on any atom is 0.251 e. The first kappa shape index (κ1) is 23.4. The third-order valence-corrected chi connectivity index (χ3v) is 8.58. The van der Waals surface area contributed by atoms with E-state index in [0.717, 1.165) is 24.0 Å². The van der Waals surface area contributed by atoms with Crippen molar-refractivity contribution in [2.24, 2.45) is 0 Å². The number of carbonyl (C=O) groups excluding carboxylic acids is 1. The standard InChI is InChI=1S/C21H24Cl2N2O3S2/c1-15-7-8-16(30(27,28)25-10-2-3-11-25)13-17(15)21(26)24-9-12-29-14-18-19(22)5-4-6-20(18)23/h4-8,13H,2-3,9-12,14H2,1H3,(H,24,26). The van der Waals surface area contributed by atoms with Gasteiger partial charge >= 0.3 is 0 Å². The van der Waals surface area contributed by atoms with E-state index < -0.39 is 10.0 Å². The van der Waals surface area contributed by atoms with Gasteiger partial charge < -0.3 is 5.32 Å². The van der Waals surface area contributed by atoms with Crippen LogP contribution in [-0.4, -0.2) is 44.0 Å². The summed E-state index contributed by atoms with van der Waals surface area (Å²) < 4.78 is 27.0. The van der Waals surface area contributed by atoms with Crippen LogP contribution < -0.4 is 5.32 Å². The number of carbonyl (C=O) groups is 1. The highest BCUT2D eigenvalue weighted by Gasteiger charge is 2.28. The minimum absolute atomic E-state index is 0.169. The number of halogens is 2. The number of hydrogen-bond acceptors (Lipinski definition) is 4. The van der Waals surface area contributed by atoms with Gasteiger partial charge in [-0.3, -0.25) is 4.79 Å². The Bertz CT molecular complexity index is 1000. The van der Waals surface area contributed by atoms with Crippen molar-refractivity contribution < 1.29 is 13.2 Å². The zero-order chi connectivity index (χ0) is 21.7. The van der Waals surface area contributed by atoms with Crippen molar-refractivity contribution in [1.82, 2.24) is 9.62 Å². The molecule has 0 aliphatic carbocycles. The van der Waals surface area contributed by atoms with E-state index in [2.05, 4.69) is 5.32 Å². The number of thioether (sulfide) groups is 1. The first-order valence-corrected chi connectivity index (χ1v) is 13.1. The summed E-state index contributed by atoms with van der Waals surface area (Å²) in [5, 5.41) is 4.13. The summed E-state index contributed by atoms with van der Waals surface area (Å²) in [7, 11) is -3.56. The number of nitrogens with zero attached hydrogens (tertiary/aromatic N) is 1. The number of aryl methyl sites for hydroxylation is 1. The van der Waals surface area contributed by atoms with Crippen LogP contribution in [0, 0.1) is 6.92 Å². The van der Waals surface area contributed by atoms with Crippen molar-refractivity contribution in [3.8, 4) is 0 Å². The molecule has 0 aromatic heterocycles. The molecule has 0 radical (unpaired) electrons. The zero-order valence-electron chi connectivity index (χ0n) is 16.7. The van der Waals surface area contributed by atoms with Gasteiger partial charge in [0, 0.05) is 46.7 Å². The summed E-state index contributed by atoms with van der Waals surface area (Å²) in [5.41, 5.74) is 2.01. The number of rotatable bonds is 8. The number of amides is 1. The average Bonchev–Trinajstić information content (AvgIpc) is 3.25. The molecule has 30 heavy (non-hydrogen) atoms. The van der Waals surface area contributed by atoms with Crippen molar-refractivity contribution in [2.45, 2.75) is 30.4 Å². The van der Waals surface area contributed by atoms with Gasteiger partial charge in [-0.15, -0.1) is 0 Å². The summed E-state index contributed by atoms with van der Waals surface area (Å²) in [4.78, 5) is 12.8. The molecule has 2 aromatic rings. The van der Waals surface area contributed by atoms with Crippen LogP contribution in [0.1, 0.15) is 34.3 Å². The van der Waals surface area contributed by atoms with Crippen molar-refractivity contribution in [3.63, 3.8) is 0 Å². The molecule has 1 aliphatic heterocycles. The lowest BCUT2D eigenvalue weighted by molar-refractivity contribution is 0.0955. The van der Waals surface area contributed by atoms with E-state index in [9.17, 15) is 13.2 Å². The third kappa shape index (κ3) is 5.51. The van der Waals surface area contributed by atoms with E-state index in [-0.39, 0.29) is 10.8 Å². The Kier molecular flexibility index (Phi) is 8.10. The summed E-state index contributed by atoms with van der Waals surface area (Å²) in [6, 6.07) is 10.2. The third-order valence-electron chi connectivity index (χ3n) is 5.00. The van der Waals surface area contributed by atoms with Crippen LogP contribution in [0.3, 0.4) is 0 Å². The molecule has 5 nitrogen and oxygen atoms in total. The fourth-order valence-electron chi connectivity index (χ4n) is 3.26. The summed E-state index contributed by atoms with van der Waals surface area (Å²) in [6.07, 6.45) is 1.74. The van der Waals surface area contributed by atoms with Gasteiger partial charge in [0.25, 0.3) is 5.91 Å². The Morgan fingerprint density at radius 1 is 1.13 bits per heavy atom. The second-order valence-corrected chi connectivity index (χ2v) is 11.0. The van der Waals surface area contributed by atoms with Crippen molar-refractivity contribution in [3.05, 3.63) is 63.1 Å². The van der Waals surface area contributed by atoms with Crippen LogP contribution >= 0.6 is 35.0 Å². The lowest BCUT2D eigenvalue weighted by Gasteiger charge is -2.17. The fourth-order valence-corrected chi connectivity index (χ4v) is 6.40. The lowest BCUT2D eigenvalue weighted by atomic mass is 10.1.